The number of nitrogens with zero attached hydrogens (tertiary/aromatic N) is 2. The van der Waals surface area contributed by atoms with Crippen molar-refractivity contribution in [1.82, 2.24) is 9.88 Å². The van der Waals surface area contributed by atoms with Gasteiger partial charge in [-0.15, -0.1) is 0 Å². The first kappa shape index (κ1) is 13.2. The maximum absolute atomic E-state index is 12.5. The predicted octanol–water partition coefficient (Wildman–Crippen LogP) is 3.01. The van der Waals surface area contributed by atoms with Crippen LogP contribution in [0.1, 0.15) is 51.6 Å². The molecule has 1 saturated carbocycles. The Labute approximate surface area is 128 Å². The van der Waals surface area contributed by atoms with E-state index in [1.165, 1.54) is 4.90 Å². The number of hydrogen-bond donors (Lipinski definition) is 0. The molecule has 2 aromatic rings. The highest BCUT2D eigenvalue weighted by atomic mass is 16.2. The average Bonchev–Trinajstić information content (AvgIpc) is 3.13. The Bertz CT molecular complexity index is 707. The van der Waals surface area contributed by atoms with E-state index in [0.29, 0.717) is 17.0 Å². The molecule has 0 bridgehead atoms. The fraction of sp³-hybridized carbons (Fsp3) is 0.278. The Balaban J connectivity index is 1.58. The third kappa shape index (κ3) is 1.95. The third-order valence-corrected chi connectivity index (χ3v) is 4.70. The summed E-state index contributed by atoms with van der Waals surface area (Å²) in [5, 5.41) is 0. The lowest BCUT2D eigenvalue weighted by Gasteiger charge is -2.22. The summed E-state index contributed by atoms with van der Waals surface area (Å²) in [6, 6.07) is 13.0. The van der Waals surface area contributed by atoms with Gasteiger partial charge in [0.15, 0.2) is 0 Å². The zero-order valence-corrected chi connectivity index (χ0v) is 12.1. The van der Waals surface area contributed by atoms with Gasteiger partial charge in [0.25, 0.3) is 11.8 Å². The number of pyridine rings is 1. The minimum atomic E-state index is -0.146. The Morgan fingerprint density at radius 2 is 1.59 bits per heavy atom. The Morgan fingerprint density at radius 1 is 0.909 bits per heavy atom. The van der Waals surface area contributed by atoms with Gasteiger partial charge in [0.1, 0.15) is 0 Å². The van der Waals surface area contributed by atoms with E-state index in [4.69, 9.17) is 0 Å². The highest BCUT2D eigenvalue weighted by molar-refractivity contribution is 6.21. The first-order chi connectivity index (χ1) is 10.8. The summed E-state index contributed by atoms with van der Waals surface area (Å²) in [5.41, 5.74) is 2.13. The molecule has 4 nitrogen and oxygen atoms in total. The maximum atomic E-state index is 12.5. The summed E-state index contributed by atoms with van der Waals surface area (Å²) in [7, 11) is 0. The van der Waals surface area contributed by atoms with Crippen molar-refractivity contribution >= 4 is 11.8 Å². The Hall–Kier alpha value is -2.49. The zero-order chi connectivity index (χ0) is 15.1. The SMILES string of the molecule is O=C1c2ccccc2C(=O)N1C1CCC(c2ccccn2)C1. The van der Waals surface area contributed by atoms with Gasteiger partial charge in [-0.25, -0.2) is 0 Å². The number of rotatable bonds is 2. The molecule has 2 unspecified atom stereocenters. The van der Waals surface area contributed by atoms with Gasteiger partial charge in [-0.2, -0.15) is 0 Å². The lowest BCUT2D eigenvalue weighted by atomic mass is 10.0. The zero-order valence-electron chi connectivity index (χ0n) is 12.1. The largest absolute Gasteiger partial charge is 0.271 e. The van der Waals surface area contributed by atoms with Crippen LogP contribution in [0.5, 0.6) is 0 Å². The van der Waals surface area contributed by atoms with E-state index in [1.54, 1.807) is 30.5 Å². The topological polar surface area (TPSA) is 50.3 Å². The molecule has 4 rings (SSSR count). The maximum Gasteiger partial charge on any atom is 0.261 e. The van der Waals surface area contributed by atoms with Crippen LogP contribution in [0.3, 0.4) is 0 Å². The molecule has 2 atom stereocenters. The monoisotopic (exact) mass is 292 g/mol. The van der Waals surface area contributed by atoms with Gasteiger partial charge in [-0.05, 0) is 43.5 Å². The third-order valence-electron chi connectivity index (χ3n) is 4.70. The fourth-order valence-electron chi connectivity index (χ4n) is 3.62. The molecule has 1 aliphatic heterocycles. The van der Waals surface area contributed by atoms with E-state index in [9.17, 15) is 9.59 Å². The van der Waals surface area contributed by atoms with Crippen molar-refractivity contribution < 1.29 is 9.59 Å². The van der Waals surface area contributed by atoms with Crippen LogP contribution in [0.25, 0.3) is 0 Å². The van der Waals surface area contributed by atoms with Crippen LogP contribution in [0.4, 0.5) is 0 Å². The van der Waals surface area contributed by atoms with Crippen LogP contribution in [-0.4, -0.2) is 27.7 Å². The van der Waals surface area contributed by atoms with Crippen molar-refractivity contribution in [3.8, 4) is 0 Å². The Kier molecular flexibility index (Phi) is 3.03. The van der Waals surface area contributed by atoms with E-state index in [2.05, 4.69) is 4.98 Å². The molecular formula is C18H16N2O2. The minimum absolute atomic E-state index is 0.0144. The molecule has 1 aromatic heterocycles. The molecule has 0 radical (unpaired) electrons. The minimum Gasteiger partial charge on any atom is -0.271 e. The summed E-state index contributed by atoms with van der Waals surface area (Å²) >= 11 is 0. The average molecular weight is 292 g/mol. The molecule has 110 valence electrons. The van der Waals surface area contributed by atoms with Crippen molar-refractivity contribution in [3.05, 3.63) is 65.5 Å². The van der Waals surface area contributed by atoms with Crippen molar-refractivity contribution in [3.63, 3.8) is 0 Å². The van der Waals surface area contributed by atoms with Gasteiger partial charge in [0.05, 0.1) is 11.1 Å². The summed E-state index contributed by atoms with van der Waals surface area (Å²) in [5.74, 6) is 0.0371. The van der Waals surface area contributed by atoms with Crippen molar-refractivity contribution in [1.29, 1.82) is 0 Å². The summed E-state index contributed by atoms with van der Waals surface area (Å²) < 4.78 is 0. The van der Waals surface area contributed by atoms with E-state index in [-0.39, 0.29) is 17.9 Å². The smallest absolute Gasteiger partial charge is 0.261 e. The van der Waals surface area contributed by atoms with Gasteiger partial charge in [0.2, 0.25) is 0 Å². The number of carbonyl (C=O) groups excluding carboxylic acids is 2. The van der Waals surface area contributed by atoms with Crippen LogP contribution >= 0.6 is 0 Å². The lowest BCUT2D eigenvalue weighted by molar-refractivity contribution is 0.0586. The lowest BCUT2D eigenvalue weighted by Crippen LogP contribution is -2.38. The molecule has 4 heteroatoms. The number of amides is 2. The molecule has 2 amide bonds. The van der Waals surface area contributed by atoms with Gasteiger partial charge >= 0.3 is 0 Å². The molecule has 1 aliphatic carbocycles. The number of imide groups is 1. The van der Waals surface area contributed by atoms with Gasteiger partial charge in [0, 0.05) is 23.9 Å². The molecule has 0 spiro atoms. The summed E-state index contributed by atoms with van der Waals surface area (Å²) in [6.07, 6.45) is 4.43. The molecule has 2 aliphatic rings. The normalized spacial score (nSPS) is 23.9. The summed E-state index contributed by atoms with van der Waals surface area (Å²) in [6.45, 7) is 0. The first-order valence-electron chi connectivity index (χ1n) is 7.63. The predicted molar refractivity (Wildman–Crippen MR) is 81.6 cm³/mol. The van der Waals surface area contributed by atoms with Crippen molar-refractivity contribution in [2.75, 3.05) is 0 Å². The first-order valence-corrected chi connectivity index (χ1v) is 7.63. The van der Waals surface area contributed by atoms with Gasteiger partial charge < -0.3 is 0 Å². The molecule has 22 heavy (non-hydrogen) atoms. The molecule has 1 fully saturated rings. The van der Waals surface area contributed by atoms with E-state index in [1.807, 2.05) is 18.2 Å². The second kappa shape index (κ2) is 5.05. The molecule has 2 heterocycles. The van der Waals surface area contributed by atoms with Crippen molar-refractivity contribution in [2.45, 2.75) is 31.2 Å². The highest BCUT2D eigenvalue weighted by Gasteiger charge is 2.42. The van der Waals surface area contributed by atoms with Crippen LogP contribution in [0.15, 0.2) is 48.7 Å². The Morgan fingerprint density at radius 3 is 2.23 bits per heavy atom. The fourth-order valence-corrected chi connectivity index (χ4v) is 3.62. The number of hydrogen-bond acceptors (Lipinski definition) is 3. The standard InChI is InChI=1S/C18H16N2O2/c21-17-14-5-1-2-6-15(14)18(22)20(17)13-9-8-12(11-13)16-7-3-4-10-19-16/h1-7,10,12-13H,8-9,11H2. The molecule has 0 saturated heterocycles. The summed E-state index contributed by atoms with van der Waals surface area (Å²) in [4.78, 5) is 30.9. The van der Waals surface area contributed by atoms with E-state index >= 15 is 0 Å². The second-order valence-corrected chi connectivity index (χ2v) is 5.94. The van der Waals surface area contributed by atoms with Gasteiger partial charge in [-0.3, -0.25) is 19.5 Å². The quantitative estimate of drug-likeness (QED) is 0.799. The van der Waals surface area contributed by atoms with Crippen LogP contribution in [-0.2, 0) is 0 Å². The van der Waals surface area contributed by atoms with Crippen molar-refractivity contribution in [2.24, 2.45) is 0 Å². The van der Waals surface area contributed by atoms with E-state index in [0.717, 1.165) is 25.0 Å². The molecular weight excluding hydrogens is 276 g/mol. The van der Waals surface area contributed by atoms with Crippen LogP contribution < -0.4 is 0 Å². The molecule has 0 N–H and O–H groups in total. The van der Waals surface area contributed by atoms with Crippen LogP contribution in [0, 0.1) is 0 Å². The number of aromatic nitrogens is 1. The van der Waals surface area contributed by atoms with E-state index < -0.39 is 0 Å². The number of fused-ring (bicyclic) bond motifs is 1. The number of carbonyl (C=O) groups is 2. The molecule has 1 aromatic carbocycles. The van der Waals surface area contributed by atoms with Crippen LogP contribution in [0.2, 0.25) is 0 Å². The second-order valence-electron chi connectivity index (χ2n) is 5.94. The van der Waals surface area contributed by atoms with Gasteiger partial charge in [-0.1, -0.05) is 18.2 Å². The number of benzene rings is 1. The highest BCUT2D eigenvalue weighted by Crippen LogP contribution is 2.38.